The lowest BCUT2D eigenvalue weighted by atomic mass is 9.86. The molecule has 168 valence electrons. The number of benzene rings is 1. The van der Waals surface area contributed by atoms with E-state index in [0.29, 0.717) is 23.2 Å². The summed E-state index contributed by atoms with van der Waals surface area (Å²) in [7, 11) is -1.63. The number of rotatable bonds is 2. The minimum absolute atomic E-state index is 0.0726. The number of fused-ring (bicyclic) bond motifs is 3. The van der Waals surface area contributed by atoms with Crippen molar-refractivity contribution >= 4 is 28.3 Å². The van der Waals surface area contributed by atoms with E-state index in [1.165, 1.54) is 10.5 Å². The van der Waals surface area contributed by atoms with E-state index >= 15 is 0 Å². The van der Waals surface area contributed by atoms with E-state index < -0.39 is 27.5 Å². The largest absolute Gasteiger partial charge is 0.369 e. The van der Waals surface area contributed by atoms with Crippen molar-refractivity contribution in [3.8, 4) is 6.07 Å². The van der Waals surface area contributed by atoms with Crippen molar-refractivity contribution in [2.75, 3.05) is 12.4 Å². The summed E-state index contributed by atoms with van der Waals surface area (Å²) in [6.07, 6.45) is 3.50. The van der Waals surface area contributed by atoms with Gasteiger partial charge in [-0.15, -0.1) is 10.8 Å². The number of nitrogens with two attached hydrogens (primary N) is 1. The summed E-state index contributed by atoms with van der Waals surface area (Å²) < 4.78 is 23.2. The zero-order valence-corrected chi connectivity index (χ0v) is 19.0. The monoisotopic (exact) mass is 454 g/mol. The molecule has 0 radical (unpaired) electrons. The number of nitriles is 1. The number of amides is 1. The summed E-state index contributed by atoms with van der Waals surface area (Å²) >= 11 is 0. The molecule has 5 N–H and O–H groups in total. The minimum Gasteiger partial charge on any atom is -0.369 e. The highest BCUT2D eigenvalue weighted by molar-refractivity contribution is 8.23. The van der Waals surface area contributed by atoms with Crippen molar-refractivity contribution < 1.29 is 13.9 Å². The second-order valence-corrected chi connectivity index (χ2v) is 10.6. The normalized spacial score (nSPS) is 24.8. The Morgan fingerprint density at radius 3 is 2.84 bits per heavy atom. The van der Waals surface area contributed by atoms with E-state index in [1.54, 1.807) is 20.0 Å². The van der Waals surface area contributed by atoms with Crippen LogP contribution in [0, 0.1) is 18.3 Å². The molecule has 1 aromatic carbocycles. The van der Waals surface area contributed by atoms with E-state index in [1.807, 2.05) is 31.2 Å². The second kappa shape index (κ2) is 7.78. The Morgan fingerprint density at radius 2 is 2.16 bits per heavy atom. The number of carbonyl (C=O) groups is 1. The predicted octanol–water partition coefficient (Wildman–Crippen LogP) is 3.36. The average Bonchev–Trinajstić information content (AvgIpc) is 2.89. The minimum atomic E-state index is -3.17. The number of nitrogens with one attached hydrogen (secondary N) is 1. The standard InChI is InChI=1S/C22H26N6O3S/c1-13-9-14(11-23)12-25-19(13)20(29)26-16-8-7-15-5-4-6-18-22(2,17(15)10-16)27-21(24)28(3)32(18,30)31/h7-10,12,18,30-31H,4-6H2,1-3H3,(H2,24,27)(H,26,29)/t18-,22+/m0/s1. The molecule has 2 heterocycles. The fourth-order valence-electron chi connectivity index (χ4n) is 4.57. The quantitative estimate of drug-likeness (QED) is 0.544. The lowest BCUT2D eigenvalue weighted by Gasteiger charge is -2.55. The number of aliphatic imine (C=N–C) groups is 1. The number of aromatic nitrogens is 1. The molecule has 1 amide bonds. The van der Waals surface area contributed by atoms with Crippen LogP contribution in [0.25, 0.3) is 0 Å². The Hall–Kier alpha value is -3.13. The van der Waals surface area contributed by atoms with E-state index in [4.69, 9.17) is 16.0 Å². The average molecular weight is 455 g/mol. The molecule has 0 bridgehead atoms. The van der Waals surface area contributed by atoms with Gasteiger partial charge in [-0.3, -0.25) is 13.9 Å². The number of guanidine groups is 1. The van der Waals surface area contributed by atoms with Gasteiger partial charge in [0.25, 0.3) is 5.91 Å². The second-order valence-electron chi connectivity index (χ2n) is 8.38. The van der Waals surface area contributed by atoms with Gasteiger partial charge in [0.05, 0.1) is 10.8 Å². The maximum atomic E-state index is 12.8. The zero-order valence-electron chi connectivity index (χ0n) is 18.2. The van der Waals surface area contributed by atoms with Gasteiger partial charge in [-0.2, -0.15) is 5.26 Å². The first-order valence-corrected chi connectivity index (χ1v) is 11.8. The fourth-order valence-corrected chi connectivity index (χ4v) is 6.55. The summed E-state index contributed by atoms with van der Waals surface area (Å²) in [6.45, 7) is 3.60. The van der Waals surface area contributed by atoms with Gasteiger partial charge in [-0.05, 0) is 68.0 Å². The molecule has 1 aliphatic carbocycles. The first kappa shape index (κ1) is 22.1. The van der Waals surface area contributed by atoms with Crippen LogP contribution >= 0.6 is 10.8 Å². The first-order chi connectivity index (χ1) is 15.1. The molecule has 2 aromatic rings. The number of hydrogen-bond acceptors (Lipinski definition) is 8. The number of nitrogens with zero attached hydrogens (tertiary/aromatic N) is 4. The van der Waals surface area contributed by atoms with Crippen LogP contribution in [0.3, 0.4) is 0 Å². The third kappa shape index (κ3) is 3.48. The summed E-state index contributed by atoms with van der Waals surface area (Å²) in [5, 5.41) is 11.3. The summed E-state index contributed by atoms with van der Waals surface area (Å²) in [5.74, 6) is -0.318. The summed E-state index contributed by atoms with van der Waals surface area (Å²) in [4.78, 5) is 21.7. The van der Waals surface area contributed by atoms with E-state index in [-0.39, 0.29) is 11.7 Å². The highest BCUT2D eigenvalue weighted by atomic mass is 32.3. The van der Waals surface area contributed by atoms with Gasteiger partial charge >= 0.3 is 0 Å². The van der Waals surface area contributed by atoms with Gasteiger partial charge in [-0.25, -0.2) is 14.3 Å². The molecule has 1 aromatic heterocycles. The molecule has 0 fully saturated rings. The Morgan fingerprint density at radius 1 is 1.41 bits per heavy atom. The number of anilines is 1. The molecule has 2 aliphatic rings. The molecular formula is C22H26N6O3S. The van der Waals surface area contributed by atoms with Gasteiger partial charge in [0.2, 0.25) is 5.96 Å². The van der Waals surface area contributed by atoms with Crippen LogP contribution in [0.2, 0.25) is 0 Å². The van der Waals surface area contributed by atoms with Crippen molar-refractivity contribution in [2.45, 2.75) is 43.9 Å². The van der Waals surface area contributed by atoms with Crippen molar-refractivity contribution in [3.63, 3.8) is 0 Å². The van der Waals surface area contributed by atoms with E-state index in [9.17, 15) is 13.9 Å². The Labute approximate surface area is 188 Å². The zero-order chi connectivity index (χ0) is 23.3. The molecule has 0 spiro atoms. The third-order valence-corrected chi connectivity index (χ3v) is 8.78. The number of carbonyl (C=O) groups excluding carboxylic acids is 1. The maximum absolute atomic E-state index is 12.8. The third-order valence-electron chi connectivity index (χ3n) is 6.33. The molecular weight excluding hydrogens is 428 g/mol. The van der Waals surface area contributed by atoms with Crippen LogP contribution in [0.5, 0.6) is 0 Å². The Balaban J connectivity index is 1.73. The van der Waals surface area contributed by atoms with E-state index in [2.05, 4.69) is 10.3 Å². The highest BCUT2D eigenvalue weighted by Crippen LogP contribution is 2.60. The number of hydrogen-bond donors (Lipinski definition) is 4. The lowest BCUT2D eigenvalue weighted by Crippen LogP contribution is -2.53. The van der Waals surface area contributed by atoms with Crippen molar-refractivity contribution in [1.29, 1.82) is 5.26 Å². The topological polar surface area (TPSA) is 148 Å². The molecule has 4 rings (SSSR count). The fraction of sp³-hybridized carbons (Fsp3) is 0.364. The summed E-state index contributed by atoms with van der Waals surface area (Å²) in [5.41, 5.74) is 8.75. The van der Waals surface area contributed by atoms with Gasteiger partial charge in [0.1, 0.15) is 17.3 Å². The van der Waals surface area contributed by atoms with Crippen molar-refractivity contribution in [2.24, 2.45) is 10.7 Å². The molecule has 2 atom stereocenters. The molecule has 10 heteroatoms. The van der Waals surface area contributed by atoms with Crippen LogP contribution in [0.1, 0.15) is 52.5 Å². The van der Waals surface area contributed by atoms with Gasteiger partial charge in [-0.1, -0.05) is 6.07 Å². The molecule has 0 saturated heterocycles. The Bertz CT molecular complexity index is 1170. The SMILES string of the molecule is Cc1cc(C#N)cnc1C(=O)Nc1ccc2c(c1)[C@@]1(C)N=C(N)N(C)S(O)(O)[C@H]1CCC2. The molecule has 1 aliphatic heterocycles. The Kier molecular flexibility index (Phi) is 5.36. The van der Waals surface area contributed by atoms with Gasteiger partial charge < -0.3 is 11.1 Å². The van der Waals surface area contributed by atoms with Gasteiger partial charge in [0, 0.05) is 18.9 Å². The van der Waals surface area contributed by atoms with Crippen LogP contribution in [0.4, 0.5) is 5.69 Å². The molecule has 32 heavy (non-hydrogen) atoms. The summed E-state index contributed by atoms with van der Waals surface area (Å²) in [6, 6.07) is 9.22. The highest BCUT2D eigenvalue weighted by Gasteiger charge is 2.51. The number of pyridine rings is 1. The lowest BCUT2D eigenvalue weighted by molar-refractivity contribution is 0.102. The predicted molar refractivity (Wildman–Crippen MR) is 124 cm³/mol. The number of aryl methyl sites for hydroxylation is 2. The van der Waals surface area contributed by atoms with Crippen LogP contribution in [-0.4, -0.2) is 42.6 Å². The molecule has 0 saturated carbocycles. The van der Waals surface area contributed by atoms with Crippen LogP contribution < -0.4 is 11.1 Å². The smallest absolute Gasteiger partial charge is 0.274 e. The first-order valence-electron chi connectivity index (χ1n) is 10.3. The maximum Gasteiger partial charge on any atom is 0.274 e. The van der Waals surface area contributed by atoms with Crippen molar-refractivity contribution in [3.05, 3.63) is 58.4 Å². The van der Waals surface area contributed by atoms with Crippen molar-refractivity contribution in [1.82, 2.24) is 9.29 Å². The molecule has 9 nitrogen and oxygen atoms in total. The van der Waals surface area contributed by atoms with Gasteiger partial charge in [0.15, 0.2) is 0 Å². The molecule has 0 unspecified atom stereocenters. The van der Waals surface area contributed by atoms with Crippen LogP contribution in [0.15, 0.2) is 35.5 Å². The van der Waals surface area contributed by atoms with E-state index in [0.717, 1.165) is 24.0 Å². The van der Waals surface area contributed by atoms with Crippen LogP contribution in [-0.2, 0) is 12.0 Å².